The van der Waals surface area contributed by atoms with E-state index in [2.05, 4.69) is 17.6 Å². The normalized spacial score (nSPS) is 24.6. The molecule has 0 radical (unpaired) electrons. The summed E-state index contributed by atoms with van der Waals surface area (Å²) in [5, 5.41) is 14.8. The van der Waals surface area contributed by atoms with E-state index < -0.39 is 12.0 Å². The van der Waals surface area contributed by atoms with E-state index in [-0.39, 0.29) is 12.1 Å². The van der Waals surface area contributed by atoms with Gasteiger partial charge >= 0.3 is 12.0 Å². The van der Waals surface area contributed by atoms with Gasteiger partial charge in [-0.15, -0.1) is 0 Å². The Balaban J connectivity index is 2.30. The Morgan fingerprint density at radius 1 is 1.39 bits per heavy atom. The van der Waals surface area contributed by atoms with Crippen LogP contribution in [0.4, 0.5) is 4.79 Å². The standard InChI is InChI=1S/C12H22N2O3S/c1-3-10(11(15)16)14-12(17)13-8-5-6-9(7-8)18-4-2/h8-10H,3-7H2,1-2H3,(H,15,16)(H2,13,14,17)/t8?,9?,10-/m0/s1. The molecule has 2 amide bonds. The summed E-state index contributed by atoms with van der Waals surface area (Å²) < 4.78 is 0. The fourth-order valence-corrected chi connectivity index (χ4v) is 3.32. The van der Waals surface area contributed by atoms with Crippen LogP contribution in [0.15, 0.2) is 0 Å². The number of hydrogen-bond donors (Lipinski definition) is 3. The number of aliphatic carboxylic acids is 1. The highest BCUT2D eigenvalue weighted by Gasteiger charge is 2.26. The first kappa shape index (κ1) is 15.1. The van der Waals surface area contributed by atoms with Crippen LogP contribution < -0.4 is 10.6 Å². The van der Waals surface area contributed by atoms with Crippen LogP contribution in [0.1, 0.15) is 39.5 Å². The van der Waals surface area contributed by atoms with E-state index in [4.69, 9.17) is 5.11 Å². The molecule has 5 nitrogen and oxygen atoms in total. The Bertz CT molecular complexity index is 299. The summed E-state index contributed by atoms with van der Waals surface area (Å²) in [6, 6.07) is -0.982. The maximum atomic E-state index is 11.6. The number of carbonyl (C=O) groups is 2. The molecule has 0 aromatic rings. The molecular formula is C12H22N2O3S. The molecule has 1 rings (SSSR count). The molecule has 18 heavy (non-hydrogen) atoms. The summed E-state index contributed by atoms with van der Waals surface area (Å²) in [4.78, 5) is 22.4. The van der Waals surface area contributed by atoms with Gasteiger partial charge in [0.25, 0.3) is 0 Å². The zero-order chi connectivity index (χ0) is 13.5. The molecule has 1 aliphatic rings. The number of urea groups is 1. The molecule has 0 spiro atoms. The summed E-state index contributed by atoms with van der Waals surface area (Å²) in [5.41, 5.74) is 0. The van der Waals surface area contributed by atoms with Gasteiger partial charge in [0.2, 0.25) is 0 Å². The zero-order valence-corrected chi connectivity index (χ0v) is 11.8. The lowest BCUT2D eigenvalue weighted by atomic mass is 10.2. The van der Waals surface area contributed by atoms with E-state index in [0.717, 1.165) is 25.0 Å². The minimum Gasteiger partial charge on any atom is -0.480 e. The first-order valence-corrected chi connectivity index (χ1v) is 7.53. The highest BCUT2D eigenvalue weighted by Crippen LogP contribution is 2.29. The fourth-order valence-electron chi connectivity index (χ4n) is 2.18. The minimum atomic E-state index is -0.988. The topological polar surface area (TPSA) is 78.4 Å². The lowest BCUT2D eigenvalue weighted by Crippen LogP contribution is -2.48. The number of hydrogen-bond acceptors (Lipinski definition) is 3. The van der Waals surface area contributed by atoms with Gasteiger partial charge in [0.05, 0.1) is 0 Å². The van der Waals surface area contributed by atoms with Crippen LogP contribution in [0.5, 0.6) is 0 Å². The van der Waals surface area contributed by atoms with Crippen molar-refractivity contribution in [3.63, 3.8) is 0 Å². The number of thioether (sulfide) groups is 1. The van der Waals surface area contributed by atoms with E-state index in [1.807, 2.05) is 11.8 Å². The summed E-state index contributed by atoms with van der Waals surface area (Å²) in [5.74, 6) is 0.110. The van der Waals surface area contributed by atoms with Crippen LogP contribution in [0.25, 0.3) is 0 Å². The van der Waals surface area contributed by atoms with Crippen molar-refractivity contribution in [2.45, 2.75) is 56.9 Å². The highest BCUT2D eigenvalue weighted by molar-refractivity contribution is 7.99. The molecule has 3 atom stereocenters. The Morgan fingerprint density at radius 3 is 2.67 bits per heavy atom. The number of carbonyl (C=O) groups excluding carboxylic acids is 1. The number of rotatable bonds is 6. The van der Waals surface area contributed by atoms with Crippen molar-refractivity contribution in [1.82, 2.24) is 10.6 Å². The quantitative estimate of drug-likeness (QED) is 0.690. The molecule has 1 fully saturated rings. The Labute approximate surface area is 112 Å². The van der Waals surface area contributed by atoms with Gasteiger partial charge in [0.1, 0.15) is 6.04 Å². The second-order valence-corrected chi connectivity index (χ2v) is 6.08. The highest BCUT2D eigenvalue weighted by atomic mass is 32.2. The van der Waals surface area contributed by atoms with Gasteiger partial charge < -0.3 is 15.7 Å². The third-order valence-corrected chi connectivity index (χ3v) is 4.37. The number of carboxylic acid groups (broad SMARTS) is 1. The van der Waals surface area contributed by atoms with Crippen molar-refractivity contribution >= 4 is 23.8 Å². The number of nitrogens with one attached hydrogen (secondary N) is 2. The Kier molecular flexibility index (Phi) is 6.32. The molecule has 3 N–H and O–H groups in total. The maximum absolute atomic E-state index is 11.6. The van der Waals surface area contributed by atoms with Crippen molar-refractivity contribution in [2.75, 3.05) is 5.75 Å². The van der Waals surface area contributed by atoms with Gasteiger partial charge in [-0.2, -0.15) is 11.8 Å². The smallest absolute Gasteiger partial charge is 0.326 e. The van der Waals surface area contributed by atoms with Crippen LogP contribution in [-0.4, -0.2) is 40.2 Å². The number of amides is 2. The lowest BCUT2D eigenvalue weighted by molar-refractivity contribution is -0.139. The van der Waals surface area contributed by atoms with Crippen LogP contribution in [-0.2, 0) is 4.79 Å². The van der Waals surface area contributed by atoms with Crippen molar-refractivity contribution < 1.29 is 14.7 Å². The lowest BCUT2D eigenvalue weighted by Gasteiger charge is -2.17. The van der Waals surface area contributed by atoms with Crippen LogP contribution in [0.2, 0.25) is 0 Å². The van der Waals surface area contributed by atoms with Gasteiger partial charge in [0, 0.05) is 11.3 Å². The van der Waals surface area contributed by atoms with Crippen LogP contribution >= 0.6 is 11.8 Å². The molecule has 0 bridgehead atoms. The Hall–Kier alpha value is -0.910. The molecule has 1 saturated carbocycles. The molecular weight excluding hydrogens is 252 g/mol. The van der Waals surface area contributed by atoms with Gasteiger partial charge in [-0.1, -0.05) is 13.8 Å². The van der Waals surface area contributed by atoms with Gasteiger partial charge in [-0.25, -0.2) is 9.59 Å². The summed E-state index contributed by atoms with van der Waals surface area (Å²) in [6.07, 6.45) is 3.48. The van der Waals surface area contributed by atoms with Crippen molar-refractivity contribution in [1.29, 1.82) is 0 Å². The molecule has 0 aliphatic heterocycles. The second-order valence-electron chi connectivity index (χ2n) is 4.50. The average Bonchev–Trinajstić information content (AvgIpc) is 2.73. The Morgan fingerprint density at radius 2 is 2.11 bits per heavy atom. The molecule has 0 heterocycles. The molecule has 0 aromatic carbocycles. The van der Waals surface area contributed by atoms with Gasteiger partial charge in [-0.3, -0.25) is 0 Å². The zero-order valence-electron chi connectivity index (χ0n) is 10.9. The summed E-state index contributed by atoms with van der Waals surface area (Å²) >= 11 is 1.93. The monoisotopic (exact) mass is 274 g/mol. The first-order chi connectivity index (χ1) is 8.56. The predicted octanol–water partition coefficient (Wildman–Crippen LogP) is 1.82. The first-order valence-electron chi connectivity index (χ1n) is 6.48. The largest absolute Gasteiger partial charge is 0.480 e. The van der Waals surface area contributed by atoms with Crippen LogP contribution in [0, 0.1) is 0 Å². The van der Waals surface area contributed by atoms with Crippen molar-refractivity contribution in [3.05, 3.63) is 0 Å². The fraction of sp³-hybridized carbons (Fsp3) is 0.833. The van der Waals surface area contributed by atoms with E-state index in [1.54, 1.807) is 6.92 Å². The molecule has 104 valence electrons. The van der Waals surface area contributed by atoms with E-state index in [1.165, 1.54) is 0 Å². The molecule has 0 aromatic heterocycles. The van der Waals surface area contributed by atoms with Crippen LogP contribution in [0.3, 0.4) is 0 Å². The second kappa shape index (κ2) is 7.51. The molecule has 6 heteroatoms. The average molecular weight is 274 g/mol. The summed E-state index contributed by atoms with van der Waals surface area (Å²) in [7, 11) is 0. The van der Waals surface area contributed by atoms with Crippen molar-refractivity contribution in [3.8, 4) is 0 Å². The van der Waals surface area contributed by atoms with E-state index in [9.17, 15) is 9.59 Å². The molecule has 0 saturated heterocycles. The molecule has 2 unspecified atom stereocenters. The third kappa shape index (κ3) is 4.76. The van der Waals surface area contributed by atoms with Gasteiger partial charge in [0.15, 0.2) is 0 Å². The minimum absolute atomic E-state index is 0.181. The van der Waals surface area contributed by atoms with Gasteiger partial charge in [-0.05, 0) is 31.4 Å². The molecule has 1 aliphatic carbocycles. The van der Waals surface area contributed by atoms with E-state index >= 15 is 0 Å². The third-order valence-electron chi connectivity index (χ3n) is 3.13. The van der Waals surface area contributed by atoms with E-state index in [0.29, 0.717) is 11.7 Å². The SMILES string of the molecule is CCSC1CCC(NC(=O)N[C@@H](CC)C(=O)O)C1. The predicted molar refractivity (Wildman–Crippen MR) is 72.9 cm³/mol. The summed E-state index contributed by atoms with van der Waals surface area (Å²) in [6.45, 7) is 3.87. The number of carboxylic acids is 1. The van der Waals surface area contributed by atoms with Crippen molar-refractivity contribution in [2.24, 2.45) is 0 Å². The maximum Gasteiger partial charge on any atom is 0.326 e.